The number of para-hydroxylation sites is 1. The van der Waals surface area contributed by atoms with Crippen molar-refractivity contribution in [1.29, 1.82) is 0 Å². The van der Waals surface area contributed by atoms with Crippen LogP contribution in [0, 0.1) is 13.8 Å². The zero-order valence-electron chi connectivity index (χ0n) is 10.2. The van der Waals surface area contributed by atoms with Gasteiger partial charge in [-0.05, 0) is 37.8 Å². The van der Waals surface area contributed by atoms with Crippen LogP contribution in [-0.2, 0) is 0 Å². The maximum atomic E-state index is 10.3. The van der Waals surface area contributed by atoms with Crippen LogP contribution in [0.25, 0.3) is 0 Å². The van der Waals surface area contributed by atoms with E-state index >= 15 is 0 Å². The molecule has 1 aliphatic rings. The topological polar surface area (TPSA) is 32.3 Å². The Morgan fingerprint density at radius 2 is 1.75 bits per heavy atom. The predicted molar refractivity (Wildman–Crippen MR) is 67.8 cm³/mol. The summed E-state index contributed by atoms with van der Waals surface area (Å²) in [6.07, 6.45) is 4.19. The lowest BCUT2D eigenvalue weighted by atomic mass is 10.0. The van der Waals surface area contributed by atoms with E-state index in [-0.39, 0.29) is 0 Å². The van der Waals surface area contributed by atoms with Gasteiger partial charge in [0.05, 0.1) is 5.60 Å². The van der Waals surface area contributed by atoms with Gasteiger partial charge in [-0.2, -0.15) is 0 Å². The third kappa shape index (κ3) is 2.38. The molecule has 0 amide bonds. The predicted octanol–water partition coefficient (Wildman–Crippen LogP) is 3.02. The molecule has 16 heavy (non-hydrogen) atoms. The maximum absolute atomic E-state index is 10.3. The summed E-state index contributed by atoms with van der Waals surface area (Å²) >= 11 is 0. The van der Waals surface area contributed by atoms with Gasteiger partial charge in [-0.3, -0.25) is 0 Å². The van der Waals surface area contributed by atoms with Gasteiger partial charge in [-0.1, -0.05) is 31.0 Å². The molecular formula is C14H21NO. The molecule has 0 unspecified atom stereocenters. The SMILES string of the molecule is Cc1cccc(C)c1NCC1(O)CCCC1. The zero-order valence-corrected chi connectivity index (χ0v) is 10.2. The molecule has 0 heterocycles. The lowest BCUT2D eigenvalue weighted by Gasteiger charge is -2.24. The highest BCUT2D eigenvalue weighted by Gasteiger charge is 2.30. The van der Waals surface area contributed by atoms with Gasteiger partial charge in [-0.15, -0.1) is 0 Å². The van der Waals surface area contributed by atoms with Crippen molar-refractivity contribution in [2.75, 3.05) is 11.9 Å². The van der Waals surface area contributed by atoms with E-state index in [4.69, 9.17) is 0 Å². The van der Waals surface area contributed by atoms with Crippen LogP contribution in [-0.4, -0.2) is 17.3 Å². The molecule has 0 radical (unpaired) electrons. The highest BCUT2D eigenvalue weighted by molar-refractivity contribution is 5.56. The number of hydrogen-bond acceptors (Lipinski definition) is 2. The van der Waals surface area contributed by atoms with Crippen LogP contribution >= 0.6 is 0 Å². The van der Waals surface area contributed by atoms with E-state index in [1.54, 1.807) is 0 Å². The van der Waals surface area contributed by atoms with Crippen LogP contribution in [0.3, 0.4) is 0 Å². The highest BCUT2D eigenvalue weighted by Crippen LogP contribution is 2.30. The Labute approximate surface area is 97.7 Å². The van der Waals surface area contributed by atoms with Crippen LogP contribution in [0.15, 0.2) is 18.2 Å². The van der Waals surface area contributed by atoms with Crippen LogP contribution in [0.1, 0.15) is 36.8 Å². The van der Waals surface area contributed by atoms with E-state index in [0.29, 0.717) is 6.54 Å². The minimum Gasteiger partial charge on any atom is -0.388 e. The number of anilines is 1. The van der Waals surface area contributed by atoms with Crippen molar-refractivity contribution in [2.45, 2.75) is 45.1 Å². The molecule has 1 aromatic rings. The molecular weight excluding hydrogens is 198 g/mol. The van der Waals surface area contributed by atoms with E-state index in [9.17, 15) is 5.11 Å². The van der Waals surface area contributed by atoms with Gasteiger partial charge in [0.2, 0.25) is 0 Å². The van der Waals surface area contributed by atoms with E-state index < -0.39 is 5.60 Å². The number of aliphatic hydroxyl groups is 1. The first-order valence-electron chi connectivity index (χ1n) is 6.13. The van der Waals surface area contributed by atoms with Crippen LogP contribution in [0.5, 0.6) is 0 Å². The Morgan fingerprint density at radius 1 is 1.19 bits per heavy atom. The third-order valence-corrected chi connectivity index (χ3v) is 3.61. The van der Waals surface area contributed by atoms with Gasteiger partial charge in [0.1, 0.15) is 0 Å². The van der Waals surface area contributed by atoms with Crippen molar-refractivity contribution >= 4 is 5.69 Å². The lowest BCUT2D eigenvalue weighted by molar-refractivity contribution is 0.0614. The first-order chi connectivity index (χ1) is 7.61. The van der Waals surface area contributed by atoms with Crippen molar-refractivity contribution in [2.24, 2.45) is 0 Å². The monoisotopic (exact) mass is 219 g/mol. The van der Waals surface area contributed by atoms with Gasteiger partial charge in [-0.25, -0.2) is 0 Å². The molecule has 1 fully saturated rings. The van der Waals surface area contributed by atoms with Crippen LogP contribution in [0.2, 0.25) is 0 Å². The molecule has 0 bridgehead atoms. The normalized spacial score (nSPS) is 18.7. The molecule has 0 aliphatic heterocycles. The van der Waals surface area contributed by atoms with E-state index in [1.165, 1.54) is 16.8 Å². The lowest BCUT2D eigenvalue weighted by Crippen LogP contribution is -2.33. The standard InChI is InChI=1S/C14H21NO/c1-11-6-5-7-12(2)13(11)15-10-14(16)8-3-4-9-14/h5-7,15-16H,3-4,8-10H2,1-2H3. The molecule has 1 aliphatic carbocycles. The molecule has 2 rings (SSSR count). The second-order valence-corrected chi connectivity index (χ2v) is 5.05. The molecule has 0 aromatic heterocycles. The Hall–Kier alpha value is -1.02. The molecule has 2 heteroatoms. The number of hydrogen-bond donors (Lipinski definition) is 2. The second kappa shape index (κ2) is 4.46. The Morgan fingerprint density at radius 3 is 2.31 bits per heavy atom. The van der Waals surface area contributed by atoms with E-state index in [1.807, 2.05) is 0 Å². The average molecular weight is 219 g/mol. The van der Waals surface area contributed by atoms with Gasteiger partial charge in [0.15, 0.2) is 0 Å². The molecule has 88 valence electrons. The summed E-state index contributed by atoms with van der Waals surface area (Å²) in [5, 5.41) is 13.7. The average Bonchev–Trinajstić information content (AvgIpc) is 2.65. The van der Waals surface area contributed by atoms with Gasteiger partial charge < -0.3 is 10.4 Å². The fourth-order valence-electron chi connectivity index (χ4n) is 2.56. The van der Waals surface area contributed by atoms with Gasteiger partial charge >= 0.3 is 0 Å². The molecule has 2 nitrogen and oxygen atoms in total. The Bertz CT molecular complexity index is 347. The Balaban J connectivity index is 2.04. The number of rotatable bonds is 3. The summed E-state index contributed by atoms with van der Waals surface area (Å²) in [5.74, 6) is 0. The minimum atomic E-state index is -0.477. The number of aryl methyl sites for hydroxylation is 2. The maximum Gasteiger partial charge on any atom is 0.0819 e. The summed E-state index contributed by atoms with van der Waals surface area (Å²) in [5.41, 5.74) is 3.21. The summed E-state index contributed by atoms with van der Waals surface area (Å²) < 4.78 is 0. The summed E-state index contributed by atoms with van der Waals surface area (Å²) in [6, 6.07) is 6.28. The van der Waals surface area contributed by atoms with Crippen molar-refractivity contribution < 1.29 is 5.11 Å². The first kappa shape index (κ1) is 11.5. The number of benzene rings is 1. The molecule has 1 aromatic carbocycles. The van der Waals surface area contributed by atoms with Crippen molar-refractivity contribution in [3.8, 4) is 0 Å². The van der Waals surface area contributed by atoms with Gasteiger partial charge in [0.25, 0.3) is 0 Å². The largest absolute Gasteiger partial charge is 0.388 e. The van der Waals surface area contributed by atoms with Crippen LogP contribution < -0.4 is 5.32 Å². The fourth-order valence-corrected chi connectivity index (χ4v) is 2.56. The first-order valence-corrected chi connectivity index (χ1v) is 6.13. The summed E-state index contributed by atoms with van der Waals surface area (Å²) in [7, 11) is 0. The number of nitrogens with one attached hydrogen (secondary N) is 1. The molecule has 0 spiro atoms. The molecule has 1 saturated carbocycles. The minimum absolute atomic E-state index is 0.477. The summed E-state index contributed by atoms with van der Waals surface area (Å²) in [6.45, 7) is 4.89. The zero-order chi connectivity index (χ0) is 11.6. The summed E-state index contributed by atoms with van der Waals surface area (Å²) in [4.78, 5) is 0. The van der Waals surface area contributed by atoms with Crippen LogP contribution in [0.4, 0.5) is 5.69 Å². The van der Waals surface area contributed by atoms with Gasteiger partial charge in [0, 0.05) is 12.2 Å². The molecule has 2 N–H and O–H groups in total. The van der Waals surface area contributed by atoms with E-state index in [0.717, 1.165) is 25.7 Å². The smallest absolute Gasteiger partial charge is 0.0819 e. The Kier molecular flexibility index (Phi) is 3.20. The van der Waals surface area contributed by atoms with E-state index in [2.05, 4.69) is 37.4 Å². The third-order valence-electron chi connectivity index (χ3n) is 3.61. The van der Waals surface area contributed by atoms with Crippen molar-refractivity contribution in [1.82, 2.24) is 0 Å². The van der Waals surface area contributed by atoms with Crippen molar-refractivity contribution in [3.05, 3.63) is 29.3 Å². The fraction of sp³-hybridized carbons (Fsp3) is 0.571. The molecule has 0 atom stereocenters. The molecule has 0 saturated heterocycles. The highest BCUT2D eigenvalue weighted by atomic mass is 16.3. The van der Waals surface area contributed by atoms with Crippen molar-refractivity contribution in [3.63, 3.8) is 0 Å². The second-order valence-electron chi connectivity index (χ2n) is 5.05. The quantitative estimate of drug-likeness (QED) is 0.819.